The van der Waals surface area contributed by atoms with E-state index >= 15 is 0 Å². The topological polar surface area (TPSA) is 106 Å². The van der Waals surface area contributed by atoms with Crippen LogP contribution in [0.3, 0.4) is 0 Å². The standard InChI is InChI=1S/C11H12I2N4O3/c1-3-6(18)7(19)11(20-3)17-8(13)5(12)4-9(14)15-2-16-10(4)17/h2-3,6-7,11,18-19H,1H3,(H2,14,15,16)/t3-,6-,7-,11-/m1/s1. The molecule has 0 aromatic carbocycles. The number of aliphatic hydroxyl groups is 2. The van der Waals surface area contributed by atoms with Crippen molar-refractivity contribution in [2.24, 2.45) is 0 Å². The Labute approximate surface area is 141 Å². The molecule has 0 amide bonds. The first-order chi connectivity index (χ1) is 9.43. The van der Waals surface area contributed by atoms with Crippen LogP contribution >= 0.6 is 45.2 Å². The second-order valence-electron chi connectivity index (χ2n) is 4.65. The molecule has 2 aromatic rings. The van der Waals surface area contributed by atoms with Gasteiger partial charge in [0.15, 0.2) is 6.23 Å². The second-order valence-corrected chi connectivity index (χ2v) is 6.75. The first-order valence-corrected chi connectivity index (χ1v) is 8.06. The molecule has 0 unspecified atom stereocenters. The lowest BCUT2D eigenvalue weighted by Crippen LogP contribution is -2.30. The molecule has 2 aromatic heterocycles. The summed E-state index contributed by atoms with van der Waals surface area (Å²) in [5.74, 6) is 0.386. The molecule has 20 heavy (non-hydrogen) atoms. The van der Waals surface area contributed by atoms with Crippen molar-refractivity contribution in [2.75, 3.05) is 5.73 Å². The predicted molar refractivity (Wildman–Crippen MR) is 89.0 cm³/mol. The highest BCUT2D eigenvalue weighted by Crippen LogP contribution is 2.38. The molecule has 0 aliphatic carbocycles. The van der Waals surface area contributed by atoms with Crippen LogP contribution in [0.15, 0.2) is 6.33 Å². The van der Waals surface area contributed by atoms with E-state index in [2.05, 4.69) is 55.1 Å². The van der Waals surface area contributed by atoms with Gasteiger partial charge >= 0.3 is 0 Å². The predicted octanol–water partition coefficient (Wildman–Crippen LogP) is 0.862. The molecule has 3 heterocycles. The Morgan fingerprint density at radius 2 is 2.00 bits per heavy atom. The molecule has 3 rings (SSSR count). The number of fused-ring (bicyclic) bond motifs is 1. The molecule has 108 valence electrons. The van der Waals surface area contributed by atoms with E-state index in [-0.39, 0.29) is 0 Å². The maximum atomic E-state index is 10.2. The first-order valence-electron chi connectivity index (χ1n) is 5.90. The SMILES string of the molecule is C[C@H]1O[C@@H](n2c(I)c(I)c3c(N)ncnc32)[C@H](O)[C@@H]1O. The quantitative estimate of drug-likeness (QED) is 0.500. The van der Waals surface area contributed by atoms with Crippen molar-refractivity contribution >= 4 is 62.0 Å². The number of halogens is 2. The summed E-state index contributed by atoms with van der Waals surface area (Å²) in [5.41, 5.74) is 6.50. The van der Waals surface area contributed by atoms with E-state index in [0.717, 1.165) is 12.7 Å². The number of aromatic nitrogens is 3. The molecule has 0 spiro atoms. The molecule has 0 radical (unpaired) electrons. The van der Waals surface area contributed by atoms with Gasteiger partial charge in [0.1, 0.15) is 30.0 Å². The van der Waals surface area contributed by atoms with Crippen LogP contribution < -0.4 is 5.73 Å². The van der Waals surface area contributed by atoms with Crippen molar-refractivity contribution in [2.45, 2.75) is 31.5 Å². The summed E-state index contributed by atoms with van der Waals surface area (Å²) < 4.78 is 9.17. The van der Waals surface area contributed by atoms with Gasteiger partial charge in [-0.3, -0.25) is 4.57 Å². The van der Waals surface area contributed by atoms with Crippen LogP contribution in [0.1, 0.15) is 13.2 Å². The lowest BCUT2D eigenvalue weighted by Gasteiger charge is -2.18. The van der Waals surface area contributed by atoms with Crippen LogP contribution in [-0.2, 0) is 4.74 Å². The van der Waals surface area contributed by atoms with E-state index in [4.69, 9.17) is 10.5 Å². The average molecular weight is 502 g/mol. The molecule has 1 aliphatic heterocycles. The second kappa shape index (κ2) is 5.19. The fourth-order valence-electron chi connectivity index (χ4n) is 2.36. The number of nitrogen functional groups attached to an aromatic ring is 1. The number of nitrogens with zero attached hydrogens (tertiary/aromatic N) is 3. The summed E-state index contributed by atoms with van der Waals surface area (Å²) >= 11 is 4.31. The van der Waals surface area contributed by atoms with E-state index < -0.39 is 24.5 Å². The van der Waals surface area contributed by atoms with Gasteiger partial charge in [-0.2, -0.15) is 0 Å². The molecule has 4 atom stereocenters. The van der Waals surface area contributed by atoms with E-state index in [1.54, 1.807) is 11.5 Å². The number of anilines is 1. The van der Waals surface area contributed by atoms with Gasteiger partial charge < -0.3 is 20.7 Å². The number of rotatable bonds is 1. The summed E-state index contributed by atoms with van der Waals surface area (Å²) in [7, 11) is 0. The van der Waals surface area contributed by atoms with Crippen LogP contribution in [0.4, 0.5) is 5.82 Å². The Bertz CT molecular complexity index is 677. The van der Waals surface area contributed by atoms with E-state index in [1.165, 1.54) is 6.33 Å². The van der Waals surface area contributed by atoms with Crippen LogP contribution in [0.2, 0.25) is 0 Å². The Morgan fingerprint density at radius 1 is 1.30 bits per heavy atom. The number of hydrogen-bond donors (Lipinski definition) is 3. The Kier molecular flexibility index (Phi) is 3.81. The highest BCUT2D eigenvalue weighted by atomic mass is 127. The summed E-state index contributed by atoms with van der Waals surface area (Å²) in [6.45, 7) is 1.72. The number of ether oxygens (including phenoxy) is 1. The monoisotopic (exact) mass is 502 g/mol. The minimum Gasteiger partial charge on any atom is -0.388 e. The zero-order valence-electron chi connectivity index (χ0n) is 10.4. The molecule has 0 saturated carbocycles. The van der Waals surface area contributed by atoms with Gasteiger partial charge in [0.05, 0.1) is 18.8 Å². The fourth-order valence-corrected chi connectivity index (χ4v) is 3.91. The molecule has 1 fully saturated rings. The van der Waals surface area contributed by atoms with Crippen molar-refractivity contribution in [1.82, 2.24) is 14.5 Å². The molecule has 7 nitrogen and oxygen atoms in total. The van der Waals surface area contributed by atoms with Crippen LogP contribution in [0, 0.1) is 7.27 Å². The molecular weight excluding hydrogens is 490 g/mol. The van der Waals surface area contributed by atoms with Crippen LogP contribution in [0.5, 0.6) is 0 Å². The fraction of sp³-hybridized carbons (Fsp3) is 0.455. The highest BCUT2D eigenvalue weighted by molar-refractivity contribution is 14.1. The lowest BCUT2D eigenvalue weighted by atomic mass is 10.1. The Morgan fingerprint density at radius 3 is 2.60 bits per heavy atom. The van der Waals surface area contributed by atoms with E-state index in [9.17, 15) is 10.2 Å². The van der Waals surface area contributed by atoms with E-state index in [0.29, 0.717) is 11.5 Å². The van der Waals surface area contributed by atoms with E-state index in [1.807, 2.05) is 0 Å². The third kappa shape index (κ3) is 2.01. The van der Waals surface area contributed by atoms with Gasteiger partial charge in [-0.25, -0.2) is 9.97 Å². The molecular formula is C11H12I2N4O3. The van der Waals surface area contributed by atoms with Gasteiger partial charge in [0.25, 0.3) is 0 Å². The summed E-state index contributed by atoms with van der Waals surface area (Å²) in [6, 6.07) is 0. The van der Waals surface area contributed by atoms with Gasteiger partial charge in [-0.15, -0.1) is 0 Å². The summed E-state index contributed by atoms with van der Waals surface area (Å²) in [5, 5.41) is 20.8. The largest absolute Gasteiger partial charge is 0.388 e. The van der Waals surface area contributed by atoms with Crippen molar-refractivity contribution < 1.29 is 14.9 Å². The van der Waals surface area contributed by atoms with Crippen molar-refractivity contribution in [3.63, 3.8) is 0 Å². The van der Waals surface area contributed by atoms with Gasteiger partial charge in [-0.05, 0) is 52.1 Å². The lowest BCUT2D eigenvalue weighted by molar-refractivity contribution is -0.0311. The maximum absolute atomic E-state index is 10.2. The van der Waals surface area contributed by atoms with Gasteiger partial charge in [0.2, 0.25) is 0 Å². The van der Waals surface area contributed by atoms with Crippen LogP contribution in [0.25, 0.3) is 11.0 Å². The minimum absolute atomic E-state index is 0.386. The average Bonchev–Trinajstić information content (AvgIpc) is 2.81. The number of nitrogens with two attached hydrogens (primary N) is 1. The third-order valence-corrected chi connectivity index (χ3v) is 6.57. The van der Waals surface area contributed by atoms with Crippen LogP contribution in [-0.4, -0.2) is 43.1 Å². The molecule has 0 bridgehead atoms. The summed E-state index contributed by atoms with van der Waals surface area (Å²) in [6.07, 6.45) is -1.69. The van der Waals surface area contributed by atoms with Crippen molar-refractivity contribution in [1.29, 1.82) is 0 Å². The normalized spacial score (nSPS) is 30.2. The Balaban J connectivity index is 2.23. The van der Waals surface area contributed by atoms with Crippen molar-refractivity contribution in [3.05, 3.63) is 13.6 Å². The number of hydrogen-bond acceptors (Lipinski definition) is 6. The molecule has 1 saturated heterocycles. The third-order valence-electron chi connectivity index (χ3n) is 3.43. The van der Waals surface area contributed by atoms with Crippen molar-refractivity contribution in [3.8, 4) is 0 Å². The molecule has 9 heteroatoms. The number of aliphatic hydroxyl groups excluding tert-OH is 2. The molecule has 4 N–H and O–H groups in total. The molecule has 1 aliphatic rings. The first kappa shape index (κ1) is 14.7. The highest BCUT2D eigenvalue weighted by Gasteiger charge is 2.43. The van der Waals surface area contributed by atoms with Gasteiger partial charge in [-0.1, -0.05) is 0 Å². The maximum Gasteiger partial charge on any atom is 0.165 e. The minimum atomic E-state index is -1.01. The Hall–Kier alpha value is -0.240. The smallest absolute Gasteiger partial charge is 0.165 e. The summed E-state index contributed by atoms with van der Waals surface area (Å²) in [4.78, 5) is 8.23. The van der Waals surface area contributed by atoms with Gasteiger partial charge in [0, 0.05) is 0 Å². The zero-order valence-corrected chi connectivity index (χ0v) is 14.7. The zero-order chi connectivity index (χ0) is 14.6.